The molecule has 15 rings (SSSR count). The molecule has 0 bridgehead atoms. The van der Waals surface area contributed by atoms with E-state index < -0.39 is 74.5 Å². The van der Waals surface area contributed by atoms with E-state index in [1.807, 2.05) is 64.1 Å². The first kappa shape index (κ1) is 92.2. The van der Waals surface area contributed by atoms with Gasteiger partial charge in [0, 0.05) is 73.5 Å². The largest absolute Gasteiger partial charge is 0.402 e. The molecule has 28 heteroatoms. The summed E-state index contributed by atoms with van der Waals surface area (Å²) in [5.74, 6) is -3.05. The molecule has 0 saturated carbocycles. The number of hydrogen-bond donors (Lipinski definition) is 3. The third-order valence-corrected chi connectivity index (χ3v) is 24.7. The van der Waals surface area contributed by atoms with Crippen molar-refractivity contribution in [1.29, 1.82) is 0 Å². The molecule has 3 aliphatic rings. The number of hydrogen-bond acceptors (Lipinski definition) is 6. The monoisotopic (exact) mass is 1710 g/mol. The number of para-hydroxylation sites is 3. The molecule has 120 heavy (non-hydrogen) atoms. The Hall–Kier alpha value is -10.1. The number of alkyl halides is 9. The topological polar surface area (TPSA) is 159 Å². The summed E-state index contributed by atoms with van der Waals surface area (Å²) in [6.45, 7) is 29.1. The van der Waals surface area contributed by atoms with Crippen LogP contribution < -0.4 is 0 Å². The normalized spacial score (nSPS) is 14.8. The van der Waals surface area contributed by atoms with Crippen molar-refractivity contribution in [2.75, 3.05) is 0 Å². The van der Waals surface area contributed by atoms with Crippen molar-refractivity contribution in [3.63, 3.8) is 0 Å². The Morgan fingerprint density at radius 1 is 0.408 bits per heavy atom. The van der Waals surface area contributed by atoms with Crippen LogP contribution in [-0.2, 0) is 88.9 Å². The van der Waals surface area contributed by atoms with Crippen LogP contribution in [0, 0.1) is 33.7 Å². The van der Waals surface area contributed by atoms with Gasteiger partial charge in [-0.1, -0.05) is 117 Å². The number of halogens is 14. The summed E-state index contributed by atoms with van der Waals surface area (Å²) in [4.78, 5) is 48.5. The molecule has 14 nitrogen and oxygen atoms in total. The van der Waals surface area contributed by atoms with E-state index in [9.17, 15) is 67.1 Å². The lowest BCUT2D eigenvalue weighted by Crippen LogP contribution is -2.52. The summed E-state index contributed by atoms with van der Waals surface area (Å²) < 4.78 is 169. The molecule has 6 aromatic carbocycles. The highest BCUT2D eigenvalue weighted by molar-refractivity contribution is 6.64. The third kappa shape index (κ3) is 15.5. The number of nitrogens with one attached hydrogen (secondary N) is 3. The Balaban J connectivity index is 0.000000178. The first-order chi connectivity index (χ1) is 55.2. The van der Waals surface area contributed by atoms with Crippen LogP contribution in [0.15, 0.2) is 128 Å². The van der Waals surface area contributed by atoms with Crippen molar-refractivity contribution >= 4 is 73.8 Å². The van der Waals surface area contributed by atoms with Crippen molar-refractivity contribution in [2.45, 2.75) is 232 Å². The molecule has 0 atom stereocenters. The highest BCUT2D eigenvalue weighted by atomic mass is 35.5. The van der Waals surface area contributed by atoms with E-state index in [0.717, 1.165) is 143 Å². The zero-order valence-corrected chi connectivity index (χ0v) is 71.4. The van der Waals surface area contributed by atoms with E-state index in [0.29, 0.717) is 72.4 Å². The summed E-state index contributed by atoms with van der Waals surface area (Å²) in [5, 5.41) is 16.1. The third-order valence-electron chi connectivity index (χ3n) is 24.2. The van der Waals surface area contributed by atoms with Crippen molar-refractivity contribution < 1.29 is 67.1 Å². The average Bonchev–Trinajstić information content (AvgIpc) is 1.55. The van der Waals surface area contributed by atoms with Crippen LogP contribution in [0.1, 0.15) is 206 Å². The number of carbonyl (C=O) groups excluding carboxylic acids is 3. The summed E-state index contributed by atoms with van der Waals surface area (Å²) in [6.07, 6.45) is -1.93. The molecule has 12 aromatic rings. The van der Waals surface area contributed by atoms with Gasteiger partial charge in [0.15, 0.2) is 0 Å². The van der Waals surface area contributed by atoms with Crippen LogP contribution >= 0.6 is 24.0 Å². The second-order valence-corrected chi connectivity index (χ2v) is 34.0. The number of aromatic nitrogens is 9. The average molecular weight is 1710 g/mol. The minimum absolute atomic E-state index is 0. The lowest BCUT2D eigenvalue weighted by atomic mass is 9.88. The number of nitrogens with zero attached hydrogens (tertiary/aromatic N) is 8. The number of aromatic amines is 3. The number of carbonyl (C=O) groups is 3. The molecule has 8 heterocycles. The molecule has 3 N–H and O–H groups in total. The van der Waals surface area contributed by atoms with Gasteiger partial charge in [-0.3, -0.25) is 14.4 Å². The molecule has 0 unspecified atom stereocenters. The zero-order chi connectivity index (χ0) is 86.6. The predicted octanol–water partition coefficient (Wildman–Crippen LogP) is 24.8. The molecule has 2 amide bonds. The highest BCUT2D eigenvalue weighted by Crippen LogP contribution is 2.53. The van der Waals surface area contributed by atoms with Gasteiger partial charge in [-0.2, -0.15) is 54.8 Å². The maximum absolute atomic E-state index is 14.7. The Morgan fingerprint density at radius 3 is 0.925 bits per heavy atom. The quantitative estimate of drug-likeness (QED) is 0.0685. The van der Waals surface area contributed by atoms with E-state index in [4.69, 9.17) is 26.9 Å². The van der Waals surface area contributed by atoms with Gasteiger partial charge in [0.1, 0.15) is 33.7 Å². The SMILES string of the molecule is C.CC(C)(C(=O)Cl)C(F)(F)F.CCc1cccc(CC)c1-n1nc2c(c1-c1ccc(F)c3[nH]ccc13)CCC2(C)C.CCc1cccc(CC)c1-n1nc2c(c1-c1ccc(F)c3[nH]ccc13)CN(C(=O)C(C)(C)C(F)(F)F)C2(C)C.CCc1cccc(CC)c1-n1nc2c(c1-c1ccc(F)c3[nH]ccc13)CN(C(=O)C(C)(C)C(F)(F)F)C2(C)C.Cl. The van der Waals surface area contributed by atoms with Gasteiger partial charge in [0.2, 0.25) is 17.1 Å². The Morgan fingerprint density at radius 2 is 0.675 bits per heavy atom. The second kappa shape index (κ2) is 33.4. The first-order valence-electron chi connectivity index (χ1n) is 39.7. The molecule has 6 aromatic heterocycles. The lowest BCUT2D eigenvalue weighted by Gasteiger charge is -2.38. The molecular weight excluding hydrogens is 1610 g/mol. The number of amides is 2. The Labute approximate surface area is 702 Å². The van der Waals surface area contributed by atoms with Gasteiger partial charge in [-0.05, 0) is 220 Å². The van der Waals surface area contributed by atoms with Crippen LogP contribution in [0.3, 0.4) is 0 Å². The fourth-order valence-corrected chi connectivity index (χ4v) is 16.5. The number of rotatable bonds is 15. The number of fused-ring (bicyclic) bond motifs is 6. The fraction of sp³-hybridized carbons (Fsp3) is 0.413. The van der Waals surface area contributed by atoms with Gasteiger partial charge < -0.3 is 24.8 Å². The molecule has 642 valence electrons. The van der Waals surface area contributed by atoms with Crippen LogP contribution in [0.25, 0.3) is 83.5 Å². The fourth-order valence-electron chi connectivity index (χ4n) is 16.4. The summed E-state index contributed by atoms with van der Waals surface area (Å²) >= 11 is 4.70. The van der Waals surface area contributed by atoms with Gasteiger partial charge in [0.05, 0.1) is 91.9 Å². The van der Waals surface area contributed by atoms with Gasteiger partial charge in [0.25, 0.3) is 0 Å². The van der Waals surface area contributed by atoms with E-state index in [2.05, 4.69) is 93.2 Å². The number of H-pyrrole nitrogens is 3. The summed E-state index contributed by atoms with van der Waals surface area (Å²) in [6, 6.07) is 33.8. The molecule has 0 saturated heterocycles. The van der Waals surface area contributed by atoms with E-state index in [-0.39, 0.29) is 44.2 Å². The van der Waals surface area contributed by atoms with E-state index >= 15 is 0 Å². The van der Waals surface area contributed by atoms with Crippen molar-refractivity contribution in [3.05, 3.63) is 212 Å². The van der Waals surface area contributed by atoms with Crippen LogP contribution in [0.4, 0.5) is 52.7 Å². The Kier molecular flexibility index (Phi) is 25.7. The van der Waals surface area contributed by atoms with Crippen molar-refractivity contribution in [2.24, 2.45) is 16.2 Å². The van der Waals surface area contributed by atoms with Gasteiger partial charge in [-0.15, -0.1) is 12.4 Å². The van der Waals surface area contributed by atoms with Crippen molar-refractivity contribution in [3.8, 4) is 50.8 Å². The van der Waals surface area contributed by atoms with E-state index in [1.54, 1.807) is 70.4 Å². The second-order valence-electron chi connectivity index (χ2n) is 33.7. The standard InChI is InChI=1S/2C30H32F4N4O.C26H28FN3.C5H6ClF3O.CH4.ClH/c2*1-7-17-10-9-11-18(8-2)24(17)38-25(20-12-13-22(31)23-19(20)14-15-35-23)21-16-37(29(5,6)26(21)36-38)27(39)28(3,4)30(32,33)34;1-5-16-8-7-9-17(6-2)23(16)30-24(20-12-14-26(3,4)25(20)29-30)19-10-11-21(27)22-18(19)13-15-28-22;1-4(2,3(6)10)5(7,8)9;;/h2*9-15,35H,7-8,16H2,1-6H3;7-11,13,15,28H,5-6,12,14H2,1-4H3;1-2H3;1H4;1H. The number of benzene rings is 6. The van der Waals surface area contributed by atoms with Crippen LogP contribution in [0.2, 0.25) is 0 Å². The highest BCUT2D eigenvalue weighted by Gasteiger charge is 2.60. The summed E-state index contributed by atoms with van der Waals surface area (Å²) in [5.41, 5.74) is 11.0. The van der Waals surface area contributed by atoms with Crippen LogP contribution in [-0.4, -0.2) is 89.7 Å². The molecule has 0 spiro atoms. The maximum atomic E-state index is 14.7. The zero-order valence-electron chi connectivity index (χ0n) is 69.8. The lowest BCUT2D eigenvalue weighted by molar-refractivity contribution is -0.221. The Bertz CT molecular complexity index is 5580. The molecule has 0 radical (unpaired) electrons. The van der Waals surface area contributed by atoms with Gasteiger partial charge in [-0.25, -0.2) is 27.2 Å². The molecule has 1 aliphatic carbocycles. The minimum Gasteiger partial charge on any atom is -0.359 e. The van der Waals surface area contributed by atoms with Gasteiger partial charge >= 0.3 is 18.5 Å². The molecule has 0 fully saturated rings. The first-order valence-corrected chi connectivity index (χ1v) is 40.1. The minimum atomic E-state index is -4.72. The predicted molar refractivity (Wildman–Crippen MR) is 452 cm³/mol. The van der Waals surface area contributed by atoms with Crippen molar-refractivity contribution in [1.82, 2.24) is 54.1 Å². The maximum Gasteiger partial charge on any atom is 0.402 e. The number of aryl methyl sites for hydroxylation is 6. The smallest absolute Gasteiger partial charge is 0.359 e. The summed E-state index contributed by atoms with van der Waals surface area (Å²) in [7, 11) is 0. The van der Waals surface area contributed by atoms with Crippen LogP contribution in [0.5, 0.6) is 0 Å². The van der Waals surface area contributed by atoms with E-state index in [1.165, 1.54) is 50.0 Å². The molecule has 2 aliphatic heterocycles. The molecular formula is C92H103Cl2F12N11O3.